The van der Waals surface area contributed by atoms with Crippen LogP contribution < -0.4 is 20.3 Å². The van der Waals surface area contributed by atoms with E-state index >= 15 is 0 Å². The molecule has 1 spiro atoms. The Balaban J connectivity index is 1.16. The number of phenolic OH excluding ortho intramolecular Hbond substituents is 1. The lowest BCUT2D eigenvalue weighted by atomic mass is 9.61. The third kappa shape index (κ3) is 4.52. The molecule has 3 heterocycles. The minimum absolute atomic E-state index is 0.0311. The number of pyridine rings is 1. The van der Waals surface area contributed by atoms with Gasteiger partial charge in [0.25, 0.3) is 5.91 Å². The predicted octanol–water partition coefficient (Wildman–Crippen LogP) is 3.60. The Bertz CT molecular complexity index is 1420. The highest BCUT2D eigenvalue weighted by molar-refractivity contribution is 5.96. The third-order valence-electron chi connectivity index (χ3n) is 7.74. The number of nitriles is 1. The van der Waals surface area contributed by atoms with Gasteiger partial charge in [0.15, 0.2) is 11.4 Å². The predicted molar refractivity (Wildman–Crippen MR) is 139 cm³/mol. The van der Waals surface area contributed by atoms with Gasteiger partial charge < -0.3 is 25.4 Å². The maximum atomic E-state index is 13.5. The second-order valence-corrected chi connectivity index (χ2v) is 10.5. The highest BCUT2D eigenvalue weighted by Crippen LogP contribution is 2.51. The summed E-state index contributed by atoms with van der Waals surface area (Å²) in [7, 11) is 0. The van der Waals surface area contributed by atoms with Crippen molar-refractivity contribution in [2.24, 2.45) is 5.41 Å². The van der Waals surface area contributed by atoms with Crippen LogP contribution in [0, 0.1) is 22.6 Å². The van der Waals surface area contributed by atoms with Gasteiger partial charge in [-0.15, -0.1) is 0 Å². The van der Waals surface area contributed by atoms with Gasteiger partial charge >= 0.3 is 0 Å². The van der Waals surface area contributed by atoms with Gasteiger partial charge in [-0.25, -0.2) is 9.37 Å². The standard InChI is InChI=1S/C29H28FN5O3/c30-19-5-7-24(18(11-19)14-31)35-16-29(17-35)12-21(13-29)38-26-8-6-23(22-3-1-2-4-25(22)36)34-27(26)28(37)33-20-9-10-32-15-20/h1-8,11,20-21,32,36H,9-10,12-13,15-17H2,(H,33,37). The van der Waals surface area contributed by atoms with Crippen molar-refractivity contribution in [3.8, 4) is 28.8 Å². The van der Waals surface area contributed by atoms with Crippen LogP contribution in [0.5, 0.6) is 11.5 Å². The number of rotatable bonds is 6. The van der Waals surface area contributed by atoms with Crippen LogP contribution in [0.4, 0.5) is 10.1 Å². The van der Waals surface area contributed by atoms with Crippen molar-refractivity contribution in [3.05, 3.63) is 71.7 Å². The molecule has 6 rings (SSSR count). The van der Waals surface area contributed by atoms with Crippen LogP contribution in [0.3, 0.4) is 0 Å². The van der Waals surface area contributed by atoms with Gasteiger partial charge in [-0.2, -0.15) is 5.26 Å². The second kappa shape index (κ2) is 9.62. The Hall–Kier alpha value is -4.16. The van der Waals surface area contributed by atoms with Crippen LogP contribution in [0.25, 0.3) is 11.3 Å². The Labute approximate surface area is 220 Å². The molecule has 8 nitrogen and oxygen atoms in total. The zero-order valence-electron chi connectivity index (χ0n) is 20.8. The summed E-state index contributed by atoms with van der Waals surface area (Å²) in [6.45, 7) is 3.12. The van der Waals surface area contributed by atoms with E-state index in [4.69, 9.17) is 4.74 Å². The molecule has 3 aromatic rings. The fourth-order valence-corrected chi connectivity index (χ4v) is 5.81. The van der Waals surface area contributed by atoms with E-state index in [1.807, 2.05) is 6.07 Å². The lowest BCUT2D eigenvalue weighted by Gasteiger charge is -2.59. The van der Waals surface area contributed by atoms with Gasteiger partial charge in [-0.05, 0) is 68.3 Å². The topological polar surface area (TPSA) is 111 Å². The number of carbonyl (C=O) groups is 1. The van der Waals surface area contributed by atoms with E-state index in [1.165, 1.54) is 12.1 Å². The molecule has 9 heteroatoms. The summed E-state index contributed by atoms with van der Waals surface area (Å²) in [6, 6.07) is 16.8. The molecule has 1 unspecified atom stereocenters. The van der Waals surface area contributed by atoms with Crippen LogP contribution in [-0.2, 0) is 0 Å². The fourth-order valence-electron chi connectivity index (χ4n) is 5.81. The fraction of sp³-hybridized carbons (Fsp3) is 0.345. The summed E-state index contributed by atoms with van der Waals surface area (Å²) < 4.78 is 19.8. The maximum Gasteiger partial charge on any atom is 0.274 e. The SMILES string of the molecule is N#Cc1cc(F)ccc1N1CC2(CC(Oc3ccc(-c4ccccc4O)nc3C(=O)NC3CCNC3)C2)C1. The van der Waals surface area contributed by atoms with Gasteiger partial charge in [0.05, 0.1) is 16.9 Å². The minimum Gasteiger partial charge on any atom is -0.507 e. The molecule has 3 aliphatic rings. The number of anilines is 1. The van der Waals surface area contributed by atoms with E-state index in [-0.39, 0.29) is 34.9 Å². The zero-order valence-corrected chi connectivity index (χ0v) is 20.8. The highest BCUT2D eigenvalue weighted by atomic mass is 19.1. The molecule has 194 valence electrons. The number of amides is 1. The summed E-state index contributed by atoms with van der Waals surface area (Å²) in [6.07, 6.45) is 2.44. The molecule has 2 saturated heterocycles. The van der Waals surface area contributed by atoms with Crippen molar-refractivity contribution in [2.45, 2.75) is 31.4 Å². The second-order valence-electron chi connectivity index (χ2n) is 10.5. The maximum absolute atomic E-state index is 13.5. The first-order valence-corrected chi connectivity index (χ1v) is 12.9. The molecule has 3 fully saturated rings. The van der Waals surface area contributed by atoms with Crippen molar-refractivity contribution in [1.29, 1.82) is 5.26 Å². The number of aromatic hydroxyl groups is 1. The highest BCUT2D eigenvalue weighted by Gasteiger charge is 2.54. The Morgan fingerprint density at radius 2 is 2.03 bits per heavy atom. The summed E-state index contributed by atoms with van der Waals surface area (Å²) in [5.74, 6) is -0.191. The number of nitrogens with one attached hydrogen (secondary N) is 2. The van der Waals surface area contributed by atoms with E-state index in [0.29, 0.717) is 29.1 Å². The van der Waals surface area contributed by atoms with Gasteiger partial charge in [-0.3, -0.25) is 4.79 Å². The Morgan fingerprint density at radius 3 is 2.76 bits per heavy atom. The first-order valence-electron chi connectivity index (χ1n) is 12.9. The number of para-hydroxylation sites is 1. The van der Waals surface area contributed by atoms with Crippen molar-refractivity contribution in [1.82, 2.24) is 15.6 Å². The lowest BCUT2D eigenvalue weighted by Crippen LogP contribution is -2.65. The largest absolute Gasteiger partial charge is 0.507 e. The molecular weight excluding hydrogens is 485 g/mol. The van der Waals surface area contributed by atoms with Crippen LogP contribution in [0.15, 0.2) is 54.6 Å². The summed E-state index contributed by atoms with van der Waals surface area (Å²) >= 11 is 0. The molecule has 0 radical (unpaired) electrons. The van der Waals surface area contributed by atoms with Crippen molar-refractivity contribution in [2.75, 3.05) is 31.1 Å². The first kappa shape index (κ1) is 24.2. The van der Waals surface area contributed by atoms with Gasteiger partial charge in [-0.1, -0.05) is 12.1 Å². The van der Waals surface area contributed by atoms with Crippen LogP contribution in [-0.4, -0.2) is 54.3 Å². The summed E-state index contributed by atoms with van der Waals surface area (Å²) in [4.78, 5) is 20.0. The number of ether oxygens (including phenoxy) is 1. The molecule has 1 atom stereocenters. The monoisotopic (exact) mass is 513 g/mol. The van der Waals surface area contributed by atoms with Crippen molar-refractivity contribution < 1.29 is 19.0 Å². The van der Waals surface area contributed by atoms with Crippen LogP contribution in [0.2, 0.25) is 0 Å². The minimum atomic E-state index is -0.413. The Kier molecular flexibility index (Phi) is 6.12. The summed E-state index contributed by atoms with van der Waals surface area (Å²) in [5.41, 5.74) is 2.44. The Morgan fingerprint density at radius 1 is 1.21 bits per heavy atom. The number of nitrogens with zero attached hydrogens (tertiary/aromatic N) is 3. The molecule has 1 aromatic heterocycles. The van der Waals surface area contributed by atoms with Gasteiger partial charge in [0.1, 0.15) is 23.7 Å². The third-order valence-corrected chi connectivity index (χ3v) is 7.74. The number of aromatic nitrogens is 1. The number of halogens is 1. The van der Waals surface area contributed by atoms with Crippen molar-refractivity contribution >= 4 is 11.6 Å². The smallest absolute Gasteiger partial charge is 0.274 e. The van der Waals surface area contributed by atoms with Gasteiger partial charge in [0.2, 0.25) is 0 Å². The molecule has 1 aliphatic carbocycles. The van der Waals surface area contributed by atoms with E-state index in [1.54, 1.807) is 36.4 Å². The molecule has 1 saturated carbocycles. The van der Waals surface area contributed by atoms with E-state index in [9.17, 15) is 19.6 Å². The first-order chi connectivity index (χ1) is 18.4. The zero-order chi connectivity index (χ0) is 26.3. The normalized spacial score (nSPS) is 19.9. The number of benzene rings is 2. The van der Waals surface area contributed by atoms with E-state index in [0.717, 1.165) is 44.6 Å². The quantitative estimate of drug-likeness (QED) is 0.462. The molecule has 38 heavy (non-hydrogen) atoms. The molecule has 3 N–H and O–H groups in total. The molecule has 0 bridgehead atoms. The number of phenols is 1. The number of hydrogen-bond acceptors (Lipinski definition) is 7. The molecule has 2 aliphatic heterocycles. The summed E-state index contributed by atoms with van der Waals surface area (Å²) in [5, 5.41) is 26.0. The van der Waals surface area contributed by atoms with Crippen LogP contribution in [0.1, 0.15) is 35.3 Å². The number of carbonyl (C=O) groups excluding carboxylic acids is 1. The molecule has 1 amide bonds. The van der Waals surface area contributed by atoms with Crippen molar-refractivity contribution in [3.63, 3.8) is 0 Å². The van der Waals surface area contributed by atoms with E-state index in [2.05, 4.69) is 26.6 Å². The average Bonchev–Trinajstić information content (AvgIpc) is 3.38. The van der Waals surface area contributed by atoms with Gasteiger partial charge in [0, 0.05) is 36.7 Å². The molecular formula is C29H28FN5O3. The number of hydrogen-bond donors (Lipinski definition) is 3. The average molecular weight is 514 g/mol. The molecule has 2 aromatic carbocycles. The van der Waals surface area contributed by atoms with Crippen LogP contribution >= 0.6 is 0 Å². The van der Waals surface area contributed by atoms with E-state index < -0.39 is 5.82 Å². The lowest BCUT2D eigenvalue weighted by molar-refractivity contribution is -0.0344.